The second kappa shape index (κ2) is 6.83. The van der Waals surface area contributed by atoms with Gasteiger partial charge >= 0.3 is 0 Å². The van der Waals surface area contributed by atoms with E-state index < -0.39 is 0 Å². The van der Waals surface area contributed by atoms with Gasteiger partial charge in [-0.2, -0.15) is 0 Å². The normalized spacial score (nSPS) is 10.2. The molecule has 6 heteroatoms. The van der Waals surface area contributed by atoms with E-state index in [0.717, 1.165) is 10.0 Å². The number of hydrogen-bond acceptors (Lipinski definition) is 3. The minimum atomic E-state index is -0.275. The minimum absolute atomic E-state index is 0.129. The van der Waals surface area contributed by atoms with Crippen LogP contribution in [-0.2, 0) is 4.79 Å². The van der Waals surface area contributed by atoms with Crippen LogP contribution in [0.5, 0.6) is 5.75 Å². The first-order chi connectivity index (χ1) is 9.95. The van der Waals surface area contributed by atoms with E-state index in [1.165, 1.54) is 0 Å². The number of benzene rings is 2. The van der Waals surface area contributed by atoms with Crippen LogP contribution >= 0.6 is 27.5 Å². The number of rotatable bonds is 4. The highest BCUT2D eigenvalue weighted by atomic mass is 79.9. The van der Waals surface area contributed by atoms with Gasteiger partial charge in [0.05, 0.1) is 5.02 Å². The Morgan fingerprint density at radius 1 is 1.33 bits per heavy atom. The molecule has 1 amide bonds. The van der Waals surface area contributed by atoms with Crippen molar-refractivity contribution in [3.8, 4) is 5.75 Å². The smallest absolute Gasteiger partial charge is 0.262 e. The van der Waals surface area contributed by atoms with Crippen molar-refractivity contribution in [3.63, 3.8) is 0 Å². The monoisotopic (exact) mass is 368 g/mol. The van der Waals surface area contributed by atoms with Gasteiger partial charge in [-0.05, 0) is 42.8 Å². The van der Waals surface area contributed by atoms with Crippen LogP contribution in [0, 0.1) is 6.92 Å². The lowest BCUT2D eigenvalue weighted by Gasteiger charge is -2.11. The van der Waals surface area contributed by atoms with Gasteiger partial charge in [0.1, 0.15) is 5.75 Å². The lowest BCUT2D eigenvalue weighted by atomic mass is 10.2. The number of aryl methyl sites for hydroxylation is 1. The maximum atomic E-state index is 11.9. The highest BCUT2D eigenvalue weighted by Crippen LogP contribution is 2.27. The maximum Gasteiger partial charge on any atom is 0.262 e. The van der Waals surface area contributed by atoms with E-state index in [1.807, 2.05) is 13.0 Å². The molecule has 0 radical (unpaired) electrons. The number of carbonyl (C=O) groups excluding carboxylic acids is 1. The highest BCUT2D eigenvalue weighted by Gasteiger charge is 2.08. The fourth-order valence-corrected chi connectivity index (χ4v) is 2.42. The van der Waals surface area contributed by atoms with Crippen molar-refractivity contribution in [2.45, 2.75) is 6.92 Å². The molecule has 3 N–H and O–H groups in total. The molecule has 0 aliphatic rings. The number of amides is 1. The third kappa shape index (κ3) is 4.37. The number of halogens is 2. The molecule has 0 aromatic heterocycles. The van der Waals surface area contributed by atoms with Crippen LogP contribution in [0.3, 0.4) is 0 Å². The first-order valence-electron chi connectivity index (χ1n) is 6.19. The molecular formula is C15H14BrClN2O2. The predicted octanol–water partition coefficient (Wildman–Crippen LogP) is 4.01. The Morgan fingerprint density at radius 2 is 2.10 bits per heavy atom. The van der Waals surface area contributed by atoms with E-state index >= 15 is 0 Å². The van der Waals surface area contributed by atoms with Crippen molar-refractivity contribution in [2.24, 2.45) is 0 Å². The Bertz CT molecular complexity index is 677. The molecule has 110 valence electrons. The average Bonchev–Trinajstić information content (AvgIpc) is 2.42. The summed E-state index contributed by atoms with van der Waals surface area (Å²) in [7, 11) is 0. The summed E-state index contributed by atoms with van der Waals surface area (Å²) < 4.78 is 6.25. The van der Waals surface area contributed by atoms with E-state index in [-0.39, 0.29) is 12.5 Å². The van der Waals surface area contributed by atoms with E-state index in [4.69, 9.17) is 22.1 Å². The Balaban J connectivity index is 1.97. The van der Waals surface area contributed by atoms with Crippen LogP contribution in [0.2, 0.25) is 5.02 Å². The molecule has 0 spiro atoms. The topological polar surface area (TPSA) is 64.3 Å². The molecule has 0 bridgehead atoms. The lowest BCUT2D eigenvalue weighted by molar-refractivity contribution is -0.118. The molecule has 2 rings (SSSR count). The molecule has 0 unspecified atom stereocenters. The molecular weight excluding hydrogens is 356 g/mol. The number of nitrogens with one attached hydrogen (secondary N) is 1. The third-order valence-corrected chi connectivity index (χ3v) is 3.58. The van der Waals surface area contributed by atoms with Crippen LogP contribution in [0.4, 0.5) is 11.4 Å². The summed E-state index contributed by atoms with van der Waals surface area (Å²) in [4.78, 5) is 11.9. The molecule has 2 aromatic carbocycles. The van der Waals surface area contributed by atoms with Gasteiger partial charge in [-0.1, -0.05) is 33.6 Å². The number of ether oxygens (including phenoxy) is 1. The number of anilines is 2. The Hall–Kier alpha value is -1.72. The van der Waals surface area contributed by atoms with E-state index in [9.17, 15) is 4.79 Å². The van der Waals surface area contributed by atoms with Gasteiger partial charge in [0.25, 0.3) is 5.91 Å². The fourth-order valence-electron chi connectivity index (χ4n) is 1.70. The van der Waals surface area contributed by atoms with Crippen LogP contribution in [0.15, 0.2) is 40.9 Å². The Kier molecular flexibility index (Phi) is 5.09. The zero-order valence-corrected chi connectivity index (χ0v) is 13.7. The molecule has 0 aliphatic heterocycles. The number of hydrogen-bond donors (Lipinski definition) is 2. The molecule has 0 atom stereocenters. The van der Waals surface area contributed by atoms with Crippen LogP contribution in [0.25, 0.3) is 0 Å². The maximum absolute atomic E-state index is 11.9. The van der Waals surface area contributed by atoms with Gasteiger partial charge in [0, 0.05) is 15.8 Å². The summed E-state index contributed by atoms with van der Waals surface area (Å²) in [5.41, 5.74) is 7.89. The number of nitrogen functional groups attached to an aromatic ring is 1. The number of nitrogens with two attached hydrogens (primary N) is 1. The van der Waals surface area contributed by atoms with Gasteiger partial charge in [-0.3, -0.25) is 4.79 Å². The lowest BCUT2D eigenvalue weighted by Crippen LogP contribution is -2.20. The molecule has 0 saturated carbocycles. The van der Waals surface area contributed by atoms with Crippen molar-refractivity contribution in [2.75, 3.05) is 17.7 Å². The largest absolute Gasteiger partial charge is 0.482 e. The van der Waals surface area contributed by atoms with E-state index in [1.54, 1.807) is 30.3 Å². The third-order valence-electron chi connectivity index (χ3n) is 2.79. The quantitative estimate of drug-likeness (QED) is 0.800. The predicted molar refractivity (Wildman–Crippen MR) is 88.9 cm³/mol. The summed E-state index contributed by atoms with van der Waals surface area (Å²) in [6.45, 7) is 1.76. The minimum Gasteiger partial charge on any atom is -0.482 e. The van der Waals surface area contributed by atoms with Crippen LogP contribution in [0.1, 0.15) is 5.56 Å². The molecule has 0 saturated heterocycles. The summed E-state index contributed by atoms with van der Waals surface area (Å²) in [6.07, 6.45) is 0. The Labute approximate surface area is 136 Å². The zero-order chi connectivity index (χ0) is 15.4. The summed E-state index contributed by atoms with van der Waals surface area (Å²) in [5.74, 6) is 0.182. The summed E-state index contributed by atoms with van der Waals surface area (Å²) in [5, 5.41) is 3.20. The molecule has 0 aliphatic carbocycles. The molecule has 0 heterocycles. The van der Waals surface area contributed by atoms with Crippen LogP contribution < -0.4 is 15.8 Å². The van der Waals surface area contributed by atoms with Gasteiger partial charge in [0.15, 0.2) is 6.61 Å². The first kappa shape index (κ1) is 15.7. The van der Waals surface area contributed by atoms with E-state index in [0.29, 0.717) is 22.1 Å². The standard InChI is InChI=1S/C15H14BrClN2O2/c1-9-2-4-11(18)7-13(9)19-15(20)8-21-14-5-3-10(16)6-12(14)17/h2-7H,8,18H2,1H3,(H,19,20). The second-order valence-electron chi connectivity index (χ2n) is 4.49. The fraction of sp³-hybridized carbons (Fsp3) is 0.133. The highest BCUT2D eigenvalue weighted by molar-refractivity contribution is 9.10. The van der Waals surface area contributed by atoms with E-state index in [2.05, 4.69) is 21.2 Å². The Morgan fingerprint density at radius 3 is 2.81 bits per heavy atom. The number of carbonyl (C=O) groups is 1. The van der Waals surface area contributed by atoms with Crippen molar-refractivity contribution in [1.82, 2.24) is 0 Å². The van der Waals surface area contributed by atoms with Crippen molar-refractivity contribution in [3.05, 3.63) is 51.5 Å². The molecule has 21 heavy (non-hydrogen) atoms. The van der Waals surface area contributed by atoms with Gasteiger partial charge in [-0.25, -0.2) is 0 Å². The van der Waals surface area contributed by atoms with Gasteiger partial charge in [-0.15, -0.1) is 0 Å². The first-order valence-corrected chi connectivity index (χ1v) is 7.36. The van der Waals surface area contributed by atoms with Crippen molar-refractivity contribution < 1.29 is 9.53 Å². The summed E-state index contributed by atoms with van der Waals surface area (Å²) >= 11 is 9.32. The zero-order valence-electron chi connectivity index (χ0n) is 11.3. The van der Waals surface area contributed by atoms with Crippen molar-refractivity contribution in [1.29, 1.82) is 0 Å². The molecule has 4 nitrogen and oxygen atoms in total. The van der Waals surface area contributed by atoms with Crippen molar-refractivity contribution >= 4 is 44.8 Å². The summed E-state index contributed by atoms with van der Waals surface area (Å²) in [6, 6.07) is 10.5. The van der Waals surface area contributed by atoms with Gasteiger partial charge < -0.3 is 15.8 Å². The second-order valence-corrected chi connectivity index (χ2v) is 5.81. The average molecular weight is 370 g/mol. The van der Waals surface area contributed by atoms with Crippen LogP contribution in [-0.4, -0.2) is 12.5 Å². The SMILES string of the molecule is Cc1ccc(N)cc1NC(=O)COc1ccc(Br)cc1Cl. The van der Waals surface area contributed by atoms with Gasteiger partial charge in [0.2, 0.25) is 0 Å². The molecule has 0 fully saturated rings. The molecule has 2 aromatic rings.